The third-order valence-corrected chi connectivity index (χ3v) is 3.60. The molecule has 0 aromatic heterocycles. The molecule has 98 valence electrons. The molecule has 0 spiro atoms. The first-order chi connectivity index (χ1) is 8.79. The molecule has 0 radical (unpaired) electrons. The molecule has 5 heteroatoms. The summed E-state index contributed by atoms with van der Waals surface area (Å²) >= 11 is 1.69. The molecule has 0 unspecified atom stereocenters. The zero-order valence-corrected chi connectivity index (χ0v) is 11.3. The van der Waals surface area contributed by atoms with Crippen LogP contribution in [0.15, 0.2) is 29.2 Å². The van der Waals surface area contributed by atoms with Gasteiger partial charge < -0.3 is 15.0 Å². The third kappa shape index (κ3) is 3.65. The zero-order valence-electron chi connectivity index (χ0n) is 10.5. The van der Waals surface area contributed by atoms with Gasteiger partial charge in [0.25, 0.3) is 0 Å². The fourth-order valence-corrected chi connectivity index (χ4v) is 2.29. The van der Waals surface area contributed by atoms with E-state index in [1.165, 1.54) is 4.90 Å². The van der Waals surface area contributed by atoms with Gasteiger partial charge in [0.1, 0.15) is 0 Å². The molecule has 1 fully saturated rings. The fourth-order valence-electron chi connectivity index (χ4n) is 1.84. The second-order valence-corrected chi connectivity index (χ2v) is 4.96. The Hall–Kier alpha value is -1.20. The SMILES string of the molecule is CSc1cccc(NCC(=O)N2CCOCC2)c1. The lowest BCUT2D eigenvalue weighted by Crippen LogP contribution is -2.43. The minimum absolute atomic E-state index is 0.132. The Morgan fingerprint density at radius 1 is 1.44 bits per heavy atom. The molecule has 1 aromatic carbocycles. The summed E-state index contributed by atoms with van der Waals surface area (Å²) in [6.07, 6.45) is 2.04. The first-order valence-corrected chi connectivity index (χ1v) is 7.25. The molecular weight excluding hydrogens is 248 g/mol. The van der Waals surface area contributed by atoms with Crippen molar-refractivity contribution in [2.45, 2.75) is 4.90 Å². The second kappa shape index (κ2) is 6.66. The van der Waals surface area contributed by atoms with E-state index in [1.807, 2.05) is 23.3 Å². The highest BCUT2D eigenvalue weighted by molar-refractivity contribution is 7.98. The number of morpholine rings is 1. The van der Waals surface area contributed by atoms with Crippen molar-refractivity contribution in [3.8, 4) is 0 Å². The molecule has 1 aromatic rings. The Labute approximate surface area is 112 Å². The minimum atomic E-state index is 0.132. The molecule has 1 heterocycles. The third-order valence-electron chi connectivity index (χ3n) is 2.88. The van der Waals surface area contributed by atoms with Gasteiger partial charge in [0.15, 0.2) is 0 Å². The van der Waals surface area contributed by atoms with E-state index in [4.69, 9.17) is 4.74 Å². The van der Waals surface area contributed by atoms with Crippen LogP contribution in [-0.4, -0.2) is 49.9 Å². The van der Waals surface area contributed by atoms with E-state index in [0.29, 0.717) is 32.8 Å². The number of amides is 1. The summed E-state index contributed by atoms with van der Waals surface area (Å²) in [5.74, 6) is 0.132. The number of anilines is 1. The largest absolute Gasteiger partial charge is 0.378 e. The lowest BCUT2D eigenvalue weighted by molar-refractivity contribution is -0.133. The van der Waals surface area contributed by atoms with Gasteiger partial charge in [0, 0.05) is 23.7 Å². The van der Waals surface area contributed by atoms with Crippen molar-refractivity contribution in [1.29, 1.82) is 0 Å². The molecule has 0 aliphatic carbocycles. The van der Waals surface area contributed by atoms with Gasteiger partial charge >= 0.3 is 0 Å². The van der Waals surface area contributed by atoms with Crippen LogP contribution in [0.5, 0.6) is 0 Å². The van der Waals surface area contributed by atoms with Crippen molar-refractivity contribution >= 4 is 23.4 Å². The van der Waals surface area contributed by atoms with Gasteiger partial charge in [0.05, 0.1) is 19.8 Å². The predicted octanol–water partition coefficient (Wildman–Crippen LogP) is 1.68. The van der Waals surface area contributed by atoms with Crippen LogP contribution in [0, 0.1) is 0 Å². The van der Waals surface area contributed by atoms with Crippen LogP contribution >= 0.6 is 11.8 Å². The standard InChI is InChI=1S/C13H18N2O2S/c1-18-12-4-2-3-11(9-12)14-10-13(16)15-5-7-17-8-6-15/h2-4,9,14H,5-8,10H2,1H3. The molecule has 1 aliphatic rings. The van der Waals surface area contributed by atoms with Crippen molar-refractivity contribution in [2.24, 2.45) is 0 Å². The highest BCUT2D eigenvalue weighted by Gasteiger charge is 2.16. The average Bonchev–Trinajstić information content (AvgIpc) is 2.46. The van der Waals surface area contributed by atoms with E-state index < -0.39 is 0 Å². The summed E-state index contributed by atoms with van der Waals surface area (Å²) in [6.45, 7) is 3.04. The van der Waals surface area contributed by atoms with E-state index in [-0.39, 0.29) is 5.91 Å². The van der Waals surface area contributed by atoms with Crippen LogP contribution in [0.4, 0.5) is 5.69 Å². The molecule has 18 heavy (non-hydrogen) atoms. The van der Waals surface area contributed by atoms with Gasteiger partial charge in [0.2, 0.25) is 5.91 Å². The molecule has 0 atom stereocenters. The van der Waals surface area contributed by atoms with E-state index in [2.05, 4.69) is 17.4 Å². The molecule has 1 amide bonds. The molecule has 1 saturated heterocycles. The topological polar surface area (TPSA) is 41.6 Å². The lowest BCUT2D eigenvalue weighted by atomic mass is 10.3. The number of carbonyl (C=O) groups excluding carboxylic acids is 1. The zero-order chi connectivity index (χ0) is 12.8. The van der Waals surface area contributed by atoms with Crippen molar-refractivity contribution in [3.63, 3.8) is 0 Å². The minimum Gasteiger partial charge on any atom is -0.378 e. The number of rotatable bonds is 4. The summed E-state index contributed by atoms with van der Waals surface area (Å²) in [7, 11) is 0. The molecule has 1 aliphatic heterocycles. The molecule has 0 saturated carbocycles. The predicted molar refractivity (Wildman–Crippen MR) is 74.1 cm³/mol. The second-order valence-electron chi connectivity index (χ2n) is 4.08. The monoisotopic (exact) mass is 266 g/mol. The van der Waals surface area contributed by atoms with Crippen LogP contribution in [0.25, 0.3) is 0 Å². The normalized spacial score (nSPS) is 15.5. The van der Waals surface area contributed by atoms with Gasteiger partial charge in [-0.15, -0.1) is 11.8 Å². The van der Waals surface area contributed by atoms with Crippen LogP contribution in [0.3, 0.4) is 0 Å². The van der Waals surface area contributed by atoms with E-state index in [1.54, 1.807) is 11.8 Å². The maximum Gasteiger partial charge on any atom is 0.242 e. The summed E-state index contributed by atoms with van der Waals surface area (Å²) in [6, 6.07) is 8.08. The summed E-state index contributed by atoms with van der Waals surface area (Å²) in [5, 5.41) is 3.17. The van der Waals surface area contributed by atoms with Crippen LogP contribution in [0.1, 0.15) is 0 Å². The maximum atomic E-state index is 11.9. The Kier molecular flexibility index (Phi) is 4.90. The Morgan fingerprint density at radius 3 is 2.94 bits per heavy atom. The number of carbonyl (C=O) groups is 1. The van der Waals surface area contributed by atoms with Crippen molar-refractivity contribution in [2.75, 3.05) is 44.4 Å². The molecule has 1 N–H and O–H groups in total. The highest BCUT2D eigenvalue weighted by Crippen LogP contribution is 2.18. The Bertz CT molecular complexity index is 406. The van der Waals surface area contributed by atoms with Gasteiger partial charge in [-0.1, -0.05) is 6.07 Å². The summed E-state index contributed by atoms with van der Waals surface area (Å²) in [4.78, 5) is 15.0. The van der Waals surface area contributed by atoms with Crippen molar-refractivity contribution in [1.82, 2.24) is 4.90 Å². The van der Waals surface area contributed by atoms with Crippen molar-refractivity contribution < 1.29 is 9.53 Å². The molecule has 0 bridgehead atoms. The Morgan fingerprint density at radius 2 is 2.22 bits per heavy atom. The highest BCUT2D eigenvalue weighted by atomic mass is 32.2. The van der Waals surface area contributed by atoms with Gasteiger partial charge in [-0.25, -0.2) is 0 Å². The van der Waals surface area contributed by atoms with E-state index in [9.17, 15) is 4.79 Å². The number of hydrogen-bond donors (Lipinski definition) is 1. The molecule has 4 nitrogen and oxygen atoms in total. The van der Waals surface area contributed by atoms with Gasteiger partial charge in [-0.3, -0.25) is 4.79 Å². The quantitative estimate of drug-likeness (QED) is 0.842. The average molecular weight is 266 g/mol. The van der Waals surface area contributed by atoms with Crippen LogP contribution in [0.2, 0.25) is 0 Å². The van der Waals surface area contributed by atoms with E-state index in [0.717, 1.165) is 5.69 Å². The number of nitrogens with zero attached hydrogens (tertiary/aromatic N) is 1. The van der Waals surface area contributed by atoms with Gasteiger partial charge in [-0.2, -0.15) is 0 Å². The smallest absolute Gasteiger partial charge is 0.242 e. The summed E-state index contributed by atoms with van der Waals surface area (Å²) in [5.41, 5.74) is 0.989. The number of ether oxygens (including phenoxy) is 1. The fraction of sp³-hybridized carbons (Fsp3) is 0.462. The van der Waals surface area contributed by atoms with Crippen LogP contribution < -0.4 is 5.32 Å². The summed E-state index contributed by atoms with van der Waals surface area (Å²) < 4.78 is 5.23. The first kappa shape index (κ1) is 13.2. The maximum absolute atomic E-state index is 11.9. The van der Waals surface area contributed by atoms with Gasteiger partial charge in [-0.05, 0) is 24.5 Å². The Balaban J connectivity index is 1.84. The van der Waals surface area contributed by atoms with Crippen LogP contribution in [-0.2, 0) is 9.53 Å². The van der Waals surface area contributed by atoms with E-state index >= 15 is 0 Å². The van der Waals surface area contributed by atoms with Crippen molar-refractivity contribution in [3.05, 3.63) is 24.3 Å². The number of nitrogens with one attached hydrogen (secondary N) is 1. The lowest BCUT2D eigenvalue weighted by Gasteiger charge is -2.27. The number of benzene rings is 1. The number of thioether (sulfide) groups is 1. The number of hydrogen-bond acceptors (Lipinski definition) is 4. The molecular formula is C13H18N2O2S. The molecule has 2 rings (SSSR count). The first-order valence-electron chi connectivity index (χ1n) is 6.03.